The highest BCUT2D eigenvalue weighted by Gasteiger charge is 2.28. The van der Waals surface area contributed by atoms with Crippen molar-refractivity contribution >= 4 is 33.4 Å². The van der Waals surface area contributed by atoms with Gasteiger partial charge in [0.1, 0.15) is 5.75 Å². The zero-order valence-electron chi connectivity index (χ0n) is 14.4. The summed E-state index contributed by atoms with van der Waals surface area (Å²) in [6, 6.07) is 8.82. The van der Waals surface area contributed by atoms with E-state index in [1.165, 1.54) is 0 Å². The number of aromatic nitrogens is 1. The average Bonchev–Trinajstić information content (AvgIpc) is 2.68. The zero-order chi connectivity index (χ0) is 18.5. The van der Waals surface area contributed by atoms with Crippen molar-refractivity contribution in [2.75, 3.05) is 25.5 Å². The quantitative estimate of drug-likeness (QED) is 0.827. The Morgan fingerprint density at radius 3 is 2.50 bits per heavy atom. The Hall–Kier alpha value is -2.41. The standard InChI is InChI=1S/C19H20BrN3O3/c1-26-17-3-2-14(12-16(17)20)19(25)23-10-6-13(7-11-23)18(24)22-15-4-8-21-9-5-15/h2-5,8-9,12-13H,6-7,10-11H2,1H3,(H,21,22,24). The van der Waals surface area contributed by atoms with Crippen molar-refractivity contribution in [1.29, 1.82) is 0 Å². The Morgan fingerprint density at radius 2 is 1.88 bits per heavy atom. The summed E-state index contributed by atoms with van der Waals surface area (Å²) in [4.78, 5) is 30.8. The molecule has 0 radical (unpaired) electrons. The van der Waals surface area contributed by atoms with Crippen LogP contribution in [0.25, 0.3) is 0 Å². The lowest BCUT2D eigenvalue weighted by Gasteiger charge is -2.31. The van der Waals surface area contributed by atoms with Crippen molar-refractivity contribution < 1.29 is 14.3 Å². The molecule has 1 aliphatic rings. The first-order chi connectivity index (χ1) is 12.6. The molecule has 2 aromatic rings. The molecule has 1 aromatic heterocycles. The number of halogens is 1. The number of piperidine rings is 1. The number of amides is 2. The van der Waals surface area contributed by atoms with Gasteiger partial charge < -0.3 is 15.0 Å². The second-order valence-electron chi connectivity index (χ2n) is 6.14. The molecule has 1 N–H and O–H groups in total. The van der Waals surface area contributed by atoms with Crippen molar-refractivity contribution in [2.45, 2.75) is 12.8 Å². The van der Waals surface area contributed by atoms with E-state index in [4.69, 9.17) is 4.74 Å². The predicted octanol–water partition coefficient (Wildman–Crippen LogP) is 3.34. The molecule has 0 saturated carbocycles. The van der Waals surface area contributed by atoms with Crippen LogP contribution in [0.3, 0.4) is 0 Å². The number of hydrogen-bond donors (Lipinski definition) is 1. The van der Waals surface area contributed by atoms with Crippen molar-refractivity contribution in [2.24, 2.45) is 5.92 Å². The molecule has 7 heteroatoms. The molecule has 2 heterocycles. The molecular formula is C19H20BrN3O3. The number of nitrogens with one attached hydrogen (secondary N) is 1. The van der Waals surface area contributed by atoms with Crippen molar-refractivity contribution in [3.8, 4) is 5.75 Å². The smallest absolute Gasteiger partial charge is 0.253 e. The van der Waals surface area contributed by atoms with Gasteiger partial charge in [0.25, 0.3) is 5.91 Å². The van der Waals surface area contributed by atoms with Gasteiger partial charge >= 0.3 is 0 Å². The molecule has 1 aliphatic heterocycles. The molecule has 6 nitrogen and oxygen atoms in total. The van der Waals surface area contributed by atoms with Crippen LogP contribution < -0.4 is 10.1 Å². The summed E-state index contributed by atoms with van der Waals surface area (Å²) in [5.74, 6) is 0.569. The molecule has 0 aliphatic carbocycles. The molecule has 136 valence electrons. The van der Waals surface area contributed by atoms with Crippen molar-refractivity contribution in [3.63, 3.8) is 0 Å². The van der Waals surface area contributed by atoms with Gasteiger partial charge in [-0.3, -0.25) is 14.6 Å². The van der Waals surface area contributed by atoms with Gasteiger partial charge in [-0.05, 0) is 59.1 Å². The van der Waals surface area contributed by atoms with E-state index in [0.717, 1.165) is 10.2 Å². The van der Waals surface area contributed by atoms with Crippen LogP contribution in [0.2, 0.25) is 0 Å². The largest absolute Gasteiger partial charge is 0.496 e. The highest BCUT2D eigenvalue weighted by atomic mass is 79.9. The van der Waals surface area contributed by atoms with Gasteiger partial charge in [-0.2, -0.15) is 0 Å². The SMILES string of the molecule is COc1ccc(C(=O)N2CCC(C(=O)Nc3ccncc3)CC2)cc1Br. The molecule has 0 bridgehead atoms. The third-order valence-corrected chi connectivity index (χ3v) is 5.12. The Labute approximate surface area is 160 Å². The number of pyridine rings is 1. The fourth-order valence-electron chi connectivity index (χ4n) is 3.01. The van der Waals surface area contributed by atoms with E-state index in [9.17, 15) is 9.59 Å². The van der Waals surface area contributed by atoms with E-state index in [2.05, 4.69) is 26.2 Å². The molecule has 0 unspecified atom stereocenters. The van der Waals surface area contributed by atoms with Crippen LogP contribution in [0, 0.1) is 5.92 Å². The summed E-state index contributed by atoms with van der Waals surface area (Å²) in [7, 11) is 1.59. The van der Waals surface area contributed by atoms with E-state index in [0.29, 0.717) is 37.2 Å². The minimum atomic E-state index is -0.0881. The normalized spacial score (nSPS) is 14.8. The molecule has 0 atom stereocenters. The maximum atomic E-state index is 12.7. The van der Waals surface area contributed by atoms with E-state index >= 15 is 0 Å². The highest BCUT2D eigenvalue weighted by molar-refractivity contribution is 9.10. The number of methoxy groups -OCH3 is 1. The number of hydrogen-bond acceptors (Lipinski definition) is 4. The summed E-state index contributed by atoms with van der Waals surface area (Å²) in [6.07, 6.45) is 4.59. The van der Waals surface area contributed by atoms with Crippen LogP contribution in [-0.4, -0.2) is 41.9 Å². The summed E-state index contributed by atoms with van der Waals surface area (Å²) < 4.78 is 5.94. The summed E-state index contributed by atoms with van der Waals surface area (Å²) in [5.41, 5.74) is 1.35. The van der Waals surface area contributed by atoms with Crippen LogP contribution in [0.5, 0.6) is 5.75 Å². The number of benzene rings is 1. The molecule has 1 fully saturated rings. The molecule has 3 rings (SSSR count). The Kier molecular flexibility index (Phi) is 5.88. The number of carbonyl (C=O) groups excluding carboxylic acids is 2. The molecule has 26 heavy (non-hydrogen) atoms. The van der Waals surface area contributed by atoms with Gasteiger partial charge in [0.05, 0.1) is 11.6 Å². The first kappa shape index (κ1) is 18.4. The van der Waals surface area contributed by atoms with E-state index in [1.54, 1.807) is 54.7 Å². The lowest BCUT2D eigenvalue weighted by molar-refractivity contribution is -0.121. The number of likely N-dealkylation sites (tertiary alicyclic amines) is 1. The monoisotopic (exact) mass is 417 g/mol. The first-order valence-corrected chi connectivity index (χ1v) is 9.21. The van der Waals surface area contributed by atoms with E-state index in [1.807, 2.05) is 0 Å². The average molecular weight is 418 g/mol. The minimum Gasteiger partial charge on any atom is -0.496 e. The first-order valence-electron chi connectivity index (χ1n) is 8.42. The van der Waals surface area contributed by atoms with Crippen molar-refractivity contribution in [3.05, 3.63) is 52.8 Å². The molecule has 2 amide bonds. The Morgan fingerprint density at radius 1 is 1.19 bits per heavy atom. The summed E-state index contributed by atoms with van der Waals surface area (Å²) in [6.45, 7) is 1.13. The second kappa shape index (κ2) is 8.31. The van der Waals surface area contributed by atoms with E-state index in [-0.39, 0.29) is 17.7 Å². The number of nitrogens with zero attached hydrogens (tertiary/aromatic N) is 2. The van der Waals surface area contributed by atoms with Gasteiger partial charge in [-0.15, -0.1) is 0 Å². The lowest BCUT2D eigenvalue weighted by Crippen LogP contribution is -2.41. The Bertz CT molecular complexity index is 790. The van der Waals surface area contributed by atoms with Crippen LogP contribution >= 0.6 is 15.9 Å². The maximum Gasteiger partial charge on any atom is 0.253 e. The van der Waals surface area contributed by atoms with Gasteiger partial charge in [-0.25, -0.2) is 0 Å². The van der Waals surface area contributed by atoms with Crippen LogP contribution in [-0.2, 0) is 4.79 Å². The summed E-state index contributed by atoms with van der Waals surface area (Å²) >= 11 is 3.41. The van der Waals surface area contributed by atoms with Gasteiger partial charge in [-0.1, -0.05) is 0 Å². The van der Waals surface area contributed by atoms with Gasteiger partial charge in [0, 0.05) is 42.7 Å². The fraction of sp³-hybridized carbons (Fsp3) is 0.316. The highest BCUT2D eigenvalue weighted by Crippen LogP contribution is 2.27. The Balaban J connectivity index is 1.57. The molecule has 1 saturated heterocycles. The molecule has 1 aromatic carbocycles. The summed E-state index contributed by atoms with van der Waals surface area (Å²) in [5, 5.41) is 2.91. The predicted molar refractivity (Wildman–Crippen MR) is 102 cm³/mol. The number of rotatable bonds is 4. The van der Waals surface area contributed by atoms with Crippen molar-refractivity contribution in [1.82, 2.24) is 9.88 Å². The third-order valence-electron chi connectivity index (χ3n) is 4.50. The number of carbonyl (C=O) groups is 2. The topological polar surface area (TPSA) is 71.5 Å². The van der Waals surface area contributed by atoms with Crippen LogP contribution in [0.1, 0.15) is 23.2 Å². The fourth-order valence-corrected chi connectivity index (χ4v) is 3.55. The third kappa shape index (κ3) is 4.22. The van der Waals surface area contributed by atoms with Gasteiger partial charge in [0.15, 0.2) is 0 Å². The second-order valence-corrected chi connectivity index (χ2v) is 7.00. The van der Waals surface area contributed by atoms with Crippen LogP contribution in [0.4, 0.5) is 5.69 Å². The minimum absolute atomic E-state index is 0.00418. The van der Waals surface area contributed by atoms with Gasteiger partial charge in [0.2, 0.25) is 5.91 Å². The number of anilines is 1. The maximum absolute atomic E-state index is 12.7. The zero-order valence-corrected chi connectivity index (χ0v) is 16.0. The lowest BCUT2D eigenvalue weighted by atomic mass is 9.95. The number of ether oxygens (including phenoxy) is 1. The molecular weight excluding hydrogens is 398 g/mol. The van der Waals surface area contributed by atoms with Crippen LogP contribution in [0.15, 0.2) is 47.2 Å². The molecule has 0 spiro atoms. The van der Waals surface area contributed by atoms with E-state index < -0.39 is 0 Å².